The highest BCUT2D eigenvalue weighted by Crippen LogP contribution is 2.39. The molecule has 0 unspecified atom stereocenters. The molecule has 2 aromatic carbocycles. The third-order valence-electron chi connectivity index (χ3n) is 3.44. The molecule has 1 aromatic heterocycles. The molecule has 0 atom stereocenters. The Hall–Kier alpha value is -3.35. The Morgan fingerprint density at radius 1 is 1.25 bits per heavy atom. The van der Waals surface area contributed by atoms with Crippen molar-refractivity contribution in [2.24, 2.45) is 0 Å². The molecule has 2 N–H and O–H groups in total. The van der Waals surface area contributed by atoms with Gasteiger partial charge in [-0.15, -0.1) is 0 Å². The van der Waals surface area contributed by atoms with Gasteiger partial charge in [0.05, 0.1) is 10.5 Å². The normalized spacial score (nSPS) is 10.5. The van der Waals surface area contributed by atoms with Gasteiger partial charge in [-0.05, 0) is 24.1 Å². The summed E-state index contributed by atoms with van der Waals surface area (Å²) in [6.45, 7) is 1.96. The van der Waals surface area contributed by atoms with Gasteiger partial charge in [0.15, 0.2) is 0 Å². The molecule has 0 spiro atoms. The molecule has 0 bridgehead atoms. The van der Waals surface area contributed by atoms with Crippen LogP contribution < -0.4 is 10.5 Å². The molecule has 24 heavy (non-hydrogen) atoms. The van der Waals surface area contributed by atoms with Gasteiger partial charge in [0.2, 0.25) is 11.6 Å². The molecule has 7 heteroatoms. The zero-order valence-corrected chi connectivity index (χ0v) is 12.9. The molecule has 0 aliphatic carbocycles. The topological polar surface area (TPSA) is 104 Å². The lowest BCUT2D eigenvalue weighted by Crippen LogP contribution is -2.02. The molecule has 122 valence electrons. The molecule has 0 radical (unpaired) electrons. The zero-order chi connectivity index (χ0) is 17.1. The molecule has 1 heterocycles. The summed E-state index contributed by atoms with van der Waals surface area (Å²) < 4.78 is 10.6. The van der Waals surface area contributed by atoms with Crippen molar-refractivity contribution in [1.82, 2.24) is 5.16 Å². The number of nitrogen functional groups attached to an aromatic ring is 1. The first-order valence-corrected chi connectivity index (χ1v) is 7.23. The smallest absolute Gasteiger partial charge is 0.311 e. The van der Waals surface area contributed by atoms with Crippen molar-refractivity contribution in [2.75, 3.05) is 5.73 Å². The number of hydrogen-bond donors (Lipinski definition) is 1. The lowest BCUT2D eigenvalue weighted by atomic mass is 10.1. The summed E-state index contributed by atoms with van der Waals surface area (Å²) >= 11 is 0. The van der Waals surface area contributed by atoms with E-state index in [0.717, 1.165) is 5.56 Å². The van der Waals surface area contributed by atoms with Crippen LogP contribution in [0.25, 0.3) is 11.3 Å². The first-order valence-electron chi connectivity index (χ1n) is 7.23. The van der Waals surface area contributed by atoms with Gasteiger partial charge < -0.3 is 15.0 Å². The molecule has 3 aromatic rings. The van der Waals surface area contributed by atoms with Crippen LogP contribution in [0, 0.1) is 17.0 Å². The Morgan fingerprint density at radius 2 is 2.00 bits per heavy atom. The Balaban J connectivity index is 2.05. The maximum atomic E-state index is 11.4. The van der Waals surface area contributed by atoms with Crippen LogP contribution in [0.2, 0.25) is 0 Å². The van der Waals surface area contributed by atoms with Crippen molar-refractivity contribution in [3.63, 3.8) is 0 Å². The maximum Gasteiger partial charge on any atom is 0.311 e. The van der Waals surface area contributed by atoms with Gasteiger partial charge in [-0.1, -0.05) is 35.5 Å². The van der Waals surface area contributed by atoms with Crippen molar-refractivity contribution < 1.29 is 14.2 Å². The quantitative estimate of drug-likeness (QED) is 0.566. The number of aryl methyl sites for hydroxylation is 1. The summed E-state index contributed by atoms with van der Waals surface area (Å²) in [4.78, 5) is 11.0. The standard InChI is InChI=1S/C17H15N3O4/c1-11-7-13(14-9-16(18)24-19-14)17(15(8-11)20(21)22)23-10-12-5-3-2-4-6-12/h2-9H,10,18H2,1H3. The number of anilines is 1. The molecule has 0 saturated heterocycles. The fourth-order valence-electron chi connectivity index (χ4n) is 2.38. The molecular weight excluding hydrogens is 310 g/mol. The summed E-state index contributed by atoms with van der Waals surface area (Å²) in [6, 6.07) is 14.1. The number of hydrogen-bond acceptors (Lipinski definition) is 6. The average molecular weight is 325 g/mol. The second-order valence-electron chi connectivity index (χ2n) is 5.31. The molecule has 0 saturated carbocycles. The fourth-order valence-corrected chi connectivity index (χ4v) is 2.38. The van der Waals surface area contributed by atoms with Gasteiger partial charge in [-0.3, -0.25) is 10.1 Å². The van der Waals surface area contributed by atoms with Crippen LogP contribution in [0.15, 0.2) is 53.1 Å². The molecule has 0 aliphatic heterocycles. The van der Waals surface area contributed by atoms with Crippen LogP contribution in [-0.2, 0) is 6.61 Å². The highest BCUT2D eigenvalue weighted by atomic mass is 16.6. The number of nitro benzene ring substituents is 1. The van der Waals surface area contributed by atoms with E-state index in [4.69, 9.17) is 15.0 Å². The van der Waals surface area contributed by atoms with Gasteiger partial charge in [0, 0.05) is 12.1 Å². The third kappa shape index (κ3) is 3.19. The number of nitro groups is 1. The fraction of sp³-hybridized carbons (Fsp3) is 0.118. The number of benzene rings is 2. The van der Waals surface area contributed by atoms with Crippen LogP contribution in [0.4, 0.5) is 11.6 Å². The van der Waals surface area contributed by atoms with E-state index in [-0.39, 0.29) is 23.9 Å². The Labute approximate surface area is 137 Å². The predicted molar refractivity (Wildman–Crippen MR) is 88.5 cm³/mol. The average Bonchev–Trinajstić information content (AvgIpc) is 3.00. The van der Waals surface area contributed by atoms with E-state index < -0.39 is 4.92 Å². The predicted octanol–water partition coefficient (Wildman–Crippen LogP) is 3.72. The minimum Gasteiger partial charge on any atom is -0.481 e. The van der Waals surface area contributed by atoms with E-state index in [1.165, 1.54) is 12.1 Å². The minimum atomic E-state index is -0.472. The first kappa shape index (κ1) is 15.5. The van der Waals surface area contributed by atoms with Crippen LogP contribution in [-0.4, -0.2) is 10.1 Å². The summed E-state index contributed by atoms with van der Waals surface area (Å²) in [6.07, 6.45) is 0. The van der Waals surface area contributed by atoms with Crippen LogP contribution in [0.1, 0.15) is 11.1 Å². The van der Waals surface area contributed by atoms with Crippen LogP contribution >= 0.6 is 0 Å². The van der Waals surface area contributed by atoms with Crippen molar-refractivity contribution in [3.8, 4) is 17.0 Å². The highest BCUT2D eigenvalue weighted by Gasteiger charge is 2.23. The van der Waals surface area contributed by atoms with Crippen molar-refractivity contribution >= 4 is 11.6 Å². The Kier molecular flexibility index (Phi) is 4.15. The molecule has 3 rings (SSSR count). The van der Waals surface area contributed by atoms with E-state index in [9.17, 15) is 10.1 Å². The summed E-state index contributed by atoms with van der Waals surface area (Å²) in [5.74, 6) is 0.269. The largest absolute Gasteiger partial charge is 0.481 e. The van der Waals surface area contributed by atoms with Gasteiger partial charge in [0.1, 0.15) is 12.3 Å². The van der Waals surface area contributed by atoms with E-state index in [2.05, 4.69) is 5.16 Å². The number of rotatable bonds is 5. The van der Waals surface area contributed by atoms with E-state index in [1.54, 1.807) is 13.0 Å². The third-order valence-corrected chi connectivity index (χ3v) is 3.44. The monoisotopic (exact) mass is 325 g/mol. The number of aromatic nitrogens is 1. The van der Waals surface area contributed by atoms with E-state index >= 15 is 0 Å². The maximum absolute atomic E-state index is 11.4. The van der Waals surface area contributed by atoms with E-state index in [0.29, 0.717) is 16.8 Å². The van der Waals surface area contributed by atoms with Crippen LogP contribution in [0.3, 0.4) is 0 Å². The first-order chi connectivity index (χ1) is 11.5. The number of nitrogens with zero attached hydrogens (tertiary/aromatic N) is 2. The highest BCUT2D eigenvalue weighted by molar-refractivity contribution is 5.75. The van der Waals surface area contributed by atoms with Gasteiger partial charge in [-0.2, -0.15) is 0 Å². The Morgan fingerprint density at radius 3 is 2.62 bits per heavy atom. The van der Waals surface area contributed by atoms with Crippen LogP contribution in [0.5, 0.6) is 5.75 Å². The molecule has 0 fully saturated rings. The lowest BCUT2D eigenvalue weighted by Gasteiger charge is -2.11. The van der Waals surface area contributed by atoms with Gasteiger partial charge in [0.25, 0.3) is 0 Å². The molecule has 7 nitrogen and oxygen atoms in total. The number of ether oxygens (including phenoxy) is 1. The summed E-state index contributed by atoms with van der Waals surface area (Å²) in [7, 11) is 0. The minimum absolute atomic E-state index is 0.123. The Bertz CT molecular complexity index is 875. The summed E-state index contributed by atoms with van der Waals surface area (Å²) in [5, 5.41) is 15.3. The molecule has 0 amide bonds. The van der Waals surface area contributed by atoms with Crippen molar-refractivity contribution in [2.45, 2.75) is 13.5 Å². The molecular formula is C17H15N3O4. The zero-order valence-electron chi connectivity index (χ0n) is 12.9. The van der Waals surface area contributed by atoms with E-state index in [1.807, 2.05) is 30.3 Å². The second kappa shape index (κ2) is 6.41. The van der Waals surface area contributed by atoms with Gasteiger partial charge in [-0.25, -0.2) is 0 Å². The SMILES string of the molecule is Cc1cc(-c2cc(N)on2)c(OCc2ccccc2)c([N+](=O)[O-])c1. The van der Waals surface area contributed by atoms with Gasteiger partial charge >= 0.3 is 5.69 Å². The van der Waals surface area contributed by atoms with Crippen molar-refractivity contribution in [1.29, 1.82) is 0 Å². The lowest BCUT2D eigenvalue weighted by molar-refractivity contribution is -0.385. The molecule has 0 aliphatic rings. The number of nitrogens with two attached hydrogens (primary N) is 1. The second-order valence-corrected chi connectivity index (χ2v) is 5.31. The van der Waals surface area contributed by atoms with Crippen molar-refractivity contribution in [3.05, 3.63) is 69.8 Å². The summed E-state index contributed by atoms with van der Waals surface area (Å²) in [5.41, 5.74) is 7.92.